The Hall–Kier alpha value is 4.12. The Labute approximate surface area is 172 Å². The van der Waals surface area contributed by atoms with E-state index in [0.717, 1.165) is 0 Å². The fourth-order valence-electron chi connectivity index (χ4n) is 0. The van der Waals surface area contributed by atoms with Gasteiger partial charge in [0.1, 0.15) is 0 Å². The van der Waals surface area contributed by atoms with Crippen LogP contribution in [-0.2, 0) is 19.3 Å². The van der Waals surface area contributed by atoms with E-state index in [2.05, 4.69) is 0 Å². The number of hydrogen-bond donors (Lipinski definition) is 0. The van der Waals surface area contributed by atoms with E-state index in [-0.39, 0.29) is 138 Å². The standard InChI is InChI=1S/2Cs.H2O5S2/c;;1-6(2)7(3,4)5/h;;(H,1,2)(H,3,4,5)/q2*+1;/p-2. The van der Waals surface area contributed by atoms with Gasteiger partial charge in [0.2, 0.25) is 0 Å². The SMILES string of the molecule is O=S([O-])S(=O)(=O)[O-].[Cs+].[Cs+]. The monoisotopic (exact) mass is 410 g/mol. The van der Waals surface area contributed by atoms with Crippen LogP contribution in [0.3, 0.4) is 0 Å². The third kappa shape index (κ3) is 12.1. The maximum absolute atomic E-state index is 9.16. The molecule has 0 aliphatic heterocycles. The van der Waals surface area contributed by atoms with Gasteiger partial charge >= 0.3 is 138 Å². The Kier molecular flexibility index (Phi) is 18.2. The summed E-state index contributed by atoms with van der Waals surface area (Å²) in [6.45, 7) is 0. The summed E-state index contributed by atoms with van der Waals surface area (Å²) in [4.78, 5) is 0. The fraction of sp³-hybridized carbons (Fsp3) is 0. The molecule has 9 heteroatoms. The van der Waals surface area contributed by atoms with E-state index in [4.69, 9.17) is 21.7 Å². The molecule has 0 amide bonds. The average Bonchev–Trinajstić information content (AvgIpc) is 1.31. The summed E-state index contributed by atoms with van der Waals surface area (Å²) in [7, 11) is -8.59. The summed E-state index contributed by atoms with van der Waals surface area (Å²) in [5.74, 6) is 0. The molecule has 1 atom stereocenters. The molecule has 0 aliphatic carbocycles. The molecule has 0 saturated heterocycles. The molecule has 1 unspecified atom stereocenters. The minimum absolute atomic E-state index is 0. The molecule has 0 heterocycles. The van der Waals surface area contributed by atoms with Crippen molar-refractivity contribution in [3.8, 4) is 0 Å². The summed E-state index contributed by atoms with van der Waals surface area (Å²) >= 11 is 0. The smallest absolute Gasteiger partial charge is 0.761 e. The molecule has 0 rings (SSSR count). The molecule has 5 nitrogen and oxygen atoms in total. The molecule has 9 heavy (non-hydrogen) atoms. The molecule has 0 saturated carbocycles. The van der Waals surface area contributed by atoms with Gasteiger partial charge in [0, 0.05) is 0 Å². The van der Waals surface area contributed by atoms with Crippen LogP contribution in [0.4, 0.5) is 0 Å². The van der Waals surface area contributed by atoms with Crippen molar-refractivity contribution in [1.82, 2.24) is 0 Å². The zero-order valence-corrected chi connectivity index (χ0v) is 19.1. The van der Waals surface area contributed by atoms with Crippen molar-refractivity contribution in [1.29, 1.82) is 0 Å². The first kappa shape index (κ1) is 18.8. The van der Waals surface area contributed by atoms with Gasteiger partial charge in [-0.25, -0.2) is 8.42 Å². The van der Waals surface area contributed by atoms with Crippen LogP contribution >= 0.6 is 0 Å². The predicted octanol–water partition coefficient (Wildman–Crippen LogP) is -7.67. The summed E-state index contributed by atoms with van der Waals surface area (Å²) in [6.07, 6.45) is 0. The molecule has 0 aromatic heterocycles. The second kappa shape index (κ2) is 8.71. The summed E-state index contributed by atoms with van der Waals surface area (Å²) < 4.78 is 45.7. The molecule has 0 radical (unpaired) electrons. The van der Waals surface area contributed by atoms with E-state index < -0.39 is 19.3 Å². The van der Waals surface area contributed by atoms with Gasteiger partial charge < -0.3 is 9.11 Å². The molecule has 0 aromatic rings. The topological polar surface area (TPSA) is 97.3 Å². The van der Waals surface area contributed by atoms with Crippen molar-refractivity contribution in [2.24, 2.45) is 0 Å². The average molecular weight is 410 g/mol. The Morgan fingerprint density at radius 1 is 1.22 bits per heavy atom. The van der Waals surface area contributed by atoms with E-state index in [1.165, 1.54) is 0 Å². The van der Waals surface area contributed by atoms with Gasteiger partial charge in [-0.2, -0.15) is 0 Å². The minimum atomic E-state index is -5.07. The number of rotatable bonds is 1. The minimum Gasteiger partial charge on any atom is -0.761 e. The van der Waals surface area contributed by atoms with Crippen molar-refractivity contribution in [2.75, 3.05) is 0 Å². The van der Waals surface area contributed by atoms with Gasteiger partial charge in [-0.15, -0.1) is 0 Å². The van der Waals surface area contributed by atoms with Gasteiger partial charge in [-0.3, -0.25) is 4.21 Å². The zero-order valence-electron chi connectivity index (χ0n) is 4.86. The van der Waals surface area contributed by atoms with Gasteiger partial charge in [-0.1, -0.05) is 0 Å². The predicted molar refractivity (Wildman–Crippen MR) is 18.6 cm³/mol. The Bertz CT molecular complexity index is 167. The van der Waals surface area contributed by atoms with Crippen LogP contribution < -0.4 is 138 Å². The summed E-state index contributed by atoms with van der Waals surface area (Å²) in [6, 6.07) is 0. The first-order valence-electron chi connectivity index (χ1n) is 1.00. The van der Waals surface area contributed by atoms with Crippen LogP contribution in [0.5, 0.6) is 0 Å². The van der Waals surface area contributed by atoms with Gasteiger partial charge in [-0.05, 0) is 0 Å². The van der Waals surface area contributed by atoms with E-state index in [1.807, 2.05) is 0 Å². The zero-order chi connectivity index (χ0) is 6.08. The van der Waals surface area contributed by atoms with Crippen LogP contribution in [0.25, 0.3) is 0 Å². The van der Waals surface area contributed by atoms with Crippen LogP contribution in [0.15, 0.2) is 0 Å². The van der Waals surface area contributed by atoms with Gasteiger partial charge in [0.25, 0.3) is 0 Å². The Balaban J connectivity index is -0.000000180. The van der Waals surface area contributed by atoms with E-state index in [1.54, 1.807) is 0 Å². The van der Waals surface area contributed by atoms with E-state index in [0.29, 0.717) is 0 Å². The van der Waals surface area contributed by atoms with Gasteiger partial charge in [0.15, 0.2) is 9.15 Å². The third-order valence-electron chi connectivity index (χ3n) is 0.167. The van der Waals surface area contributed by atoms with Crippen LogP contribution in [-0.4, -0.2) is 21.7 Å². The fourth-order valence-corrected chi connectivity index (χ4v) is 0. The largest absolute Gasteiger partial charge is 1.00 e. The molecule has 0 fully saturated rings. The van der Waals surface area contributed by atoms with Crippen molar-refractivity contribution >= 4 is 19.3 Å². The maximum Gasteiger partial charge on any atom is 1.00 e. The quantitative estimate of drug-likeness (QED) is 0.243. The molecule has 0 N–H and O–H groups in total. The first-order chi connectivity index (χ1) is 2.94. The molecule has 44 valence electrons. The molecule has 0 aromatic carbocycles. The van der Waals surface area contributed by atoms with Crippen molar-refractivity contribution in [2.45, 2.75) is 0 Å². The second-order valence-corrected chi connectivity index (χ2v) is 3.88. The van der Waals surface area contributed by atoms with Crippen molar-refractivity contribution in [3.63, 3.8) is 0 Å². The molecular formula is Cs2O5S2. The van der Waals surface area contributed by atoms with Crippen molar-refractivity contribution < 1.29 is 160 Å². The normalized spacial score (nSPS) is 12.7. The maximum atomic E-state index is 9.16. The Morgan fingerprint density at radius 3 is 1.33 bits per heavy atom. The van der Waals surface area contributed by atoms with E-state index in [9.17, 15) is 0 Å². The van der Waals surface area contributed by atoms with Crippen molar-refractivity contribution in [3.05, 3.63) is 0 Å². The number of hydrogen-bond acceptors (Lipinski definition) is 5. The third-order valence-corrected chi connectivity index (χ3v) is 1.50. The first-order valence-corrected chi connectivity index (χ1v) is 4.00. The summed E-state index contributed by atoms with van der Waals surface area (Å²) in [5.41, 5.74) is 0. The van der Waals surface area contributed by atoms with Gasteiger partial charge in [0.05, 0.1) is 10.1 Å². The summed E-state index contributed by atoms with van der Waals surface area (Å²) in [5, 5.41) is 0. The van der Waals surface area contributed by atoms with Crippen LogP contribution in [0.1, 0.15) is 0 Å². The van der Waals surface area contributed by atoms with Crippen LogP contribution in [0, 0.1) is 0 Å². The van der Waals surface area contributed by atoms with E-state index >= 15 is 0 Å². The molecule has 0 aliphatic rings. The second-order valence-electron chi connectivity index (χ2n) is 0.612. The van der Waals surface area contributed by atoms with Crippen LogP contribution in [0.2, 0.25) is 0 Å². The Morgan fingerprint density at radius 2 is 1.33 bits per heavy atom. The molecular weight excluding hydrogens is 410 g/mol. The molecule has 0 bridgehead atoms. The molecule has 0 spiro atoms.